The highest BCUT2D eigenvalue weighted by Gasteiger charge is 2.38. The molecule has 0 radical (unpaired) electrons. The molecule has 1 saturated carbocycles. The van der Waals surface area contributed by atoms with Gasteiger partial charge in [0.05, 0.1) is 12.6 Å². The first kappa shape index (κ1) is 12.8. The Kier molecular flexibility index (Phi) is 4.40. The average molecular weight is 225 g/mol. The highest BCUT2D eigenvalue weighted by atomic mass is 19.4. The van der Waals surface area contributed by atoms with Crippen LogP contribution in [0.1, 0.15) is 32.6 Å². The van der Waals surface area contributed by atoms with E-state index in [2.05, 4.69) is 0 Å². The molecular weight excluding hydrogens is 207 g/mol. The van der Waals surface area contributed by atoms with Gasteiger partial charge in [-0.2, -0.15) is 13.2 Å². The second-order valence-electron chi connectivity index (χ2n) is 4.22. The van der Waals surface area contributed by atoms with Crippen LogP contribution in [-0.4, -0.2) is 41.4 Å². The molecule has 0 bridgehead atoms. The summed E-state index contributed by atoms with van der Waals surface area (Å²) in [4.78, 5) is 1.36. The van der Waals surface area contributed by atoms with Crippen molar-refractivity contribution in [3.05, 3.63) is 0 Å². The lowest BCUT2D eigenvalue weighted by molar-refractivity contribution is -0.149. The van der Waals surface area contributed by atoms with Gasteiger partial charge in [-0.15, -0.1) is 0 Å². The molecule has 0 heterocycles. The molecule has 0 aliphatic heterocycles. The third kappa shape index (κ3) is 5.37. The maximum absolute atomic E-state index is 12.2. The zero-order valence-corrected chi connectivity index (χ0v) is 8.93. The van der Waals surface area contributed by atoms with Crippen LogP contribution in [0.25, 0.3) is 0 Å². The van der Waals surface area contributed by atoms with Gasteiger partial charge in [0.15, 0.2) is 0 Å². The molecular formula is C10H18F3NO. The maximum Gasteiger partial charge on any atom is 0.401 e. The molecule has 15 heavy (non-hydrogen) atoms. The van der Waals surface area contributed by atoms with Crippen molar-refractivity contribution in [3.8, 4) is 0 Å². The van der Waals surface area contributed by atoms with E-state index in [9.17, 15) is 18.3 Å². The number of aliphatic hydroxyl groups is 1. The quantitative estimate of drug-likeness (QED) is 0.749. The van der Waals surface area contributed by atoms with Gasteiger partial charge in [-0.3, -0.25) is 4.90 Å². The number of nitrogens with zero attached hydrogens (tertiary/aromatic N) is 1. The molecule has 1 aliphatic rings. The summed E-state index contributed by atoms with van der Waals surface area (Å²) < 4.78 is 36.6. The van der Waals surface area contributed by atoms with Gasteiger partial charge in [-0.05, 0) is 19.3 Å². The Morgan fingerprint density at radius 2 is 2.00 bits per heavy atom. The van der Waals surface area contributed by atoms with Crippen LogP contribution in [0, 0.1) is 0 Å². The zero-order chi connectivity index (χ0) is 11.5. The molecule has 90 valence electrons. The molecule has 1 rings (SSSR count). The Balaban J connectivity index is 2.37. The third-order valence-corrected chi connectivity index (χ3v) is 2.51. The van der Waals surface area contributed by atoms with E-state index in [0.29, 0.717) is 6.42 Å². The summed E-state index contributed by atoms with van der Waals surface area (Å²) in [6.45, 7) is 1.17. The lowest BCUT2D eigenvalue weighted by Gasteiger charge is -2.25. The van der Waals surface area contributed by atoms with E-state index in [1.54, 1.807) is 0 Å². The van der Waals surface area contributed by atoms with Gasteiger partial charge in [-0.25, -0.2) is 0 Å². The second-order valence-corrected chi connectivity index (χ2v) is 4.22. The summed E-state index contributed by atoms with van der Waals surface area (Å²) in [7, 11) is 0. The summed E-state index contributed by atoms with van der Waals surface area (Å²) in [5.41, 5.74) is 0. The van der Waals surface area contributed by atoms with Crippen LogP contribution in [0.3, 0.4) is 0 Å². The molecule has 1 unspecified atom stereocenters. The van der Waals surface area contributed by atoms with Crippen LogP contribution in [0.2, 0.25) is 0 Å². The minimum Gasteiger partial charge on any atom is -0.392 e. The molecule has 0 aromatic rings. The molecule has 0 aromatic carbocycles. The van der Waals surface area contributed by atoms with Gasteiger partial charge in [-0.1, -0.05) is 13.3 Å². The summed E-state index contributed by atoms with van der Waals surface area (Å²) >= 11 is 0. The third-order valence-electron chi connectivity index (χ3n) is 2.51. The number of hydrogen-bond donors (Lipinski definition) is 1. The topological polar surface area (TPSA) is 23.5 Å². The van der Waals surface area contributed by atoms with E-state index in [1.165, 1.54) is 4.90 Å². The van der Waals surface area contributed by atoms with Crippen LogP contribution < -0.4 is 0 Å². The second kappa shape index (κ2) is 5.16. The Labute approximate surface area is 88.1 Å². The van der Waals surface area contributed by atoms with Crippen molar-refractivity contribution in [2.24, 2.45) is 0 Å². The van der Waals surface area contributed by atoms with Crippen LogP contribution in [-0.2, 0) is 0 Å². The normalized spacial score (nSPS) is 19.6. The Hall–Kier alpha value is -0.290. The van der Waals surface area contributed by atoms with E-state index in [1.807, 2.05) is 6.92 Å². The van der Waals surface area contributed by atoms with Gasteiger partial charge in [0, 0.05) is 12.6 Å². The summed E-state index contributed by atoms with van der Waals surface area (Å²) in [6, 6.07) is 0.0399. The number of halogens is 3. The summed E-state index contributed by atoms with van der Waals surface area (Å²) in [5, 5.41) is 9.48. The largest absolute Gasteiger partial charge is 0.401 e. The SMILES string of the molecule is CCCC(O)CN(CC(F)(F)F)C1CC1. The number of hydrogen-bond acceptors (Lipinski definition) is 2. The molecule has 1 aliphatic carbocycles. The van der Waals surface area contributed by atoms with Crippen LogP contribution >= 0.6 is 0 Å². The van der Waals surface area contributed by atoms with Crippen molar-refractivity contribution in [3.63, 3.8) is 0 Å². The van der Waals surface area contributed by atoms with Crippen LogP contribution in [0.4, 0.5) is 13.2 Å². The van der Waals surface area contributed by atoms with Crippen molar-refractivity contribution in [1.82, 2.24) is 4.90 Å². The number of aliphatic hydroxyl groups excluding tert-OH is 1. The Morgan fingerprint density at radius 3 is 2.40 bits per heavy atom. The van der Waals surface area contributed by atoms with Gasteiger partial charge >= 0.3 is 6.18 Å². The lowest BCUT2D eigenvalue weighted by atomic mass is 10.2. The van der Waals surface area contributed by atoms with Crippen molar-refractivity contribution in [2.75, 3.05) is 13.1 Å². The molecule has 5 heteroatoms. The molecule has 1 atom stereocenters. The number of alkyl halides is 3. The highest BCUT2D eigenvalue weighted by molar-refractivity contribution is 4.86. The number of rotatable bonds is 6. The molecule has 2 nitrogen and oxygen atoms in total. The molecule has 0 amide bonds. The monoisotopic (exact) mass is 225 g/mol. The first-order valence-electron chi connectivity index (χ1n) is 5.41. The summed E-state index contributed by atoms with van der Waals surface area (Å²) in [6.07, 6.45) is -1.76. The fraction of sp³-hybridized carbons (Fsp3) is 1.00. The average Bonchev–Trinajstić information content (AvgIpc) is 2.82. The minimum atomic E-state index is -4.16. The van der Waals surface area contributed by atoms with Gasteiger partial charge in [0.25, 0.3) is 0 Å². The van der Waals surface area contributed by atoms with Gasteiger partial charge < -0.3 is 5.11 Å². The van der Waals surface area contributed by atoms with E-state index in [0.717, 1.165) is 19.3 Å². The Bertz CT molecular complexity index is 192. The van der Waals surface area contributed by atoms with Crippen molar-refractivity contribution >= 4 is 0 Å². The van der Waals surface area contributed by atoms with Crippen LogP contribution in [0.5, 0.6) is 0 Å². The highest BCUT2D eigenvalue weighted by Crippen LogP contribution is 2.30. The first-order valence-corrected chi connectivity index (χ1v) is 5.41. The molecule has 1 fully saturated rings. The van der Waals surface area contributed by atoms with Gasteiger partial charge in [0.1, 0.15) is 0 Å². The molecule has 0 aromatic heterocycles. The van der Waals surface area contributed by atoms with E-state index >= 15 is 0 Å². The maximum atomic E-state index is 12.2. The first-order chi connectivity index (χ1) is 6.92. The fourth-order valence-corrected chi connectivity index (χ4v) is 1.71. The Morgan fingerprint density at radius 1 is 1.40 bits per heavy atom. The lowest BCUT2D eigenvalue weighted by Crippen LogP contribution is -2.40. The molecule has 0 spiro atoms. The fourth-order valence-electron chi connectivity index (χ4n) is 1.71. The van der Waals surface area contributed by atoms with E-state index in [-0.39, 0.29) is 12.6 Å². The van der Waals surface area contributed by atoms with Gasteiger partial charge in [0.2, 0.25) is 0 Å². The predicted octanol–water partition coefficient (Wildman–Crippen LogP) is 2.17. The van der Waals surface area contributed by atoms with E-state index < -0.39 is 18.8 Å². The molecule has 1 N–H and O–H groups in total. The standard InChI is InChI=1S/C10H18F3NO/c1-2-3-9(15)6-14(8-4-5-8)7-10(11,12)13/h8-9,15H,2-7H2,1H3. The van der Waals surface area contributed by atoms with Crippen molar-refractivity contribution in [2.45, 2.75) is 50.9 Å². The summed E-state index contributed by atoms with van der Waals surface area (Å²) in [5.74, 6) is 0. The minimum absolute atomic E-state index is 0.0399. The van der Waals surface area contributed by atoms with Crippen molar-refractivity contribution < 1.29 is 18.3 Å². The smallest absolute Gasteiger partial charge is 0.392 e. The zero-order valence-electron chi connectivity index (χ0n) is 8.93. The molecule has 0 saturated heterocycles. The predicted molar refractivity (Wildman–Crippen MR) is 51.6 cm³/mol. The van der Waals surface area contributed by atoms with Crippen LogP contribution in [0.15, 0.2) is 0 Å². The van der Waals surface area contributed by atoms with Crippen molar-refractivity contribution in [1.29, 1.82) is 0 Å². The van der Waals surface area contributed by atoms with E-state index in [4.69, 9.17) is 0 Å².